The van der Waals surface area contributed by atoms with Crippen LogP contribution in [0, 0.1) is 15.9 Å². The number of carboxylic acids is 1. The van der Waals surface area contributed by atoms with Crippen LogP contribution in [0.1, 0.15) is 6.92 Å². The van der Waals surface area contributed by atoms with Gasteiger partial charge in [-0.2, -0.15) is 0 Å². The van der Waals surface area contributed by atoms with Gasteiger partial charge in [-0.3, -0.25) is 14.9 Å². The molecule has 5 nitrogen and oxygen atoms in total. The minimum atomic E-state index is -1.12. The molecule has 0 fully saturated rings. The number of hydrogen-bond acceptors (Lipinski definition) is 4. The third kappa shape index (κ3) is 3.31. The highest BCUT2D eigenvalue weighted by Gasteiger charge is 2.22. The molecule has 17 heavy (non-hydrogen) atoms. The minimum absolute atomic E-state index is 0.0244. The molecule has 1 atom stereocenters. The normalized spacial score (nSPS) is 12.2. The van der Waals surface area contributed by atoms with E-state index in [9.17, 15) is 19.3 Å². The molecular formula is C9H7ClFNO4S. The Morgan fingerprint density at radius 1 is 1.65 bits per heavy atom. The fourth-order valence-corrected chi connectivity index (χ4v) is 2.15. The molecular weight excluding hydrogens is 273 g/mol. The van der Waals surface area contributed by atoms with E-state index in [4.69, 9.17) is 16.7 Å². The van der Waals surface area contributed by atoms with Gasteiger partial charge in [0.2, 0.25) is 0 Å². The van der Waals surface area contributed by atoms with Gasteiger partial charge >= 0.3 is 5.97 Å². The maximum absolute atomic E-state index is 13.1. The zero-order chi connectivity index (χ0) is 13.2. The van der Waals surface area contributed by atoms with Gasteiger partial charge in [-0.25, -0.2) is 4.39 Å². The van der Waals surface area contributed by atoms with Gasteiger partial charge in [0.05, 0.1) is 20.9 Å². The zero-order valence-corrected chi connectivity index (χ0v) is 10.1. The molecule has 0 aliphatic rings. The summed E-state index contributed by atoms with van der Waals surface area (Å²) in [6, 6.07) is 1.73. The number of nitro benzene ring substituents is 1. The predicted octanol–water partition coefficient (Wildman–Crippen LogP) is 2.95. The molecule has 8 heteroatoms. The van der Waals surface area contributed by atoms with E-state index in [1.165, 1.54) is 6.92 Å². The molecule has 0 radical (unpaired) electrons. The maximum atomic E-state index is 13.1. The molecule has 1 rings (SSSR count). The lowest BCUT2D eigenvalue weighted by Gasteiger charge is -2.07. The molecule has 1 N–H and O–H groups in total. The van der Waals surface area contributed by atoms with Gasteiger partial charge in [-0.15, -0.1) is 11.8 Å². The van der Waals surface area contributed by atoms with E-state index in [0.717, 1.165) is 17.8 Å². The largest absolute Gasteiger partial charge is 0.480 e. The third-order valence-corrected chi connectivity index (χ3v) is 3.28. The Labute approximate surface area is 105 Å². The van der Waals surface area contributed by atoms with Crippen molar-refractivity contribution in [3.8, 4) is 0 Å². The molecule has 0 aliphatic carbocycles. The second kappa shape index (κ2) is 5.33. The van der Waals surface area contributed by atoms with Crippen LogP contribution < -0.4 is 0 Å². The number of carboxylic acid groups (broad SMARTS) is 1. The van der Waals surface area contributed by atoms with Gasteiger partial charge in [-0.05, 0) is 13.0 Å². The Morgan fingerprint density at radius 2 is 2.24 bits per heavy atom. The Kier molecular flexibility index (Phi) is 4.30. The van der Waals surface area contributed by atoms with Crippen LogP contribution in [-0.2, 0) is 4.79 Å². The lowest BCUT2D eigenvalue weighted by atomic mass is 10.3. The molecule has 1 unspecified atom stereocenters. The van der Waals surface area contributed by atoms with Crippen LogP contribution in [-0.4, -0.2) is 21.2 Å². The average molecular weight is 280 g/mol. The first-order chi connectivity index (χ1) is 7.82. The van der Waals surface area contributed by atoms with E-state index in [-0.39, 0.29) is 9.92 Å². The first kappa shape index (κ1) is 13.7. The number of aliphatic carboxylic acids is 1. The van der Waals surface area contributed by atoms with Crippen LogP contribution in [0.15, 0.2) is 17.0 Å². The zero-order valence-electron chi connectivity index (χ0n) is 8.52. The Hall–Kier alpha value is -1.34. The van der Waals surface area contributed by atoms with Crippen molar-refractivity contribution in [1.82, 2.24) is 0 Å². The smallest absolute Gasteiger partial charge is 0.316 e. The monoisotopic (exact) mass is 279 g/mol. The van der Waals surface area contributed by atoms with Crippen LogP contribution >= 0.6 is 23.4 Å². The molecule has 0 saturated heterocycles. The molecule has 0 heterocycles. The van der Waals surface area contributed by atoms with Crippen molar-refractivity contribution in [2.24, 2.45) is 0 Å². The maximum Gasteiger partial charge on any atom is 0.316 e. The minimum Gasteiger partial charge on any atom is -0.480 e. The molecule has 0 aromatic heterocycles. The van der Waals surface area contributed by atoms with Crippen molar-refractivity contribution < 1.29 is 19.2 Å². The van der Waals surface area contributed by atoms with E-state index >= 15 is 0 Å². The fourth-order valence-electron chi connectivity index (χ4n) is 0.996. The standard InChI is InChI=1S/C9H7ClFNO4S/c1-4(9(13)14)17-8-2-5(10)6(11)3-7(8)12(15)16/h2-4H,1H3,(H,13,14). The number of benzene rings is 1. The summed E-state index contributed by atoms with van der Waals surface area (Å²) in [6.07, 6.45) is 0. The second-order valence-corrected chi connectivity index (χ2v) is 4.88. The summed E-state index contributed by atoms with van der Waals surface area (Å²) in [5.41, 5.74) is -0.495. The Balaban J connectivity index is 3.17. The summed E-state index contributed by atoms with van der Waals surface area (Å²) in [5, 5.41) is 18.2. The number of hydrogen-bond donors (Lipinski definition) is 1. The van der Waals surface area contributed by atoms with Gasteiger partial charge in [0.25, 0.3) is 5.69 Å². The summed E-state index contributed by atoms with van der Waals surface area (Å²) in [4.78, 5) is 20.6. The molecule has 0 amide bonds. The lowest BCUT2D eigenvalue weighted by molar-refractivity contribution is -0.387. The van der Waals surface area contributed by atoms with Crippen molar-refractivity contribution in [2.45, 2.75) is 17.1 Å². The highest BCUT2D eigenvalue weighted by Crippen LogP contribution is 2.35. The lowest BCUT2D eigenvalue weighted by Crippen LogP contribution is -2.11. The topological polar surface area (TPSA) is 80.4 Å². The molecule has 0 bridgehead atoms. The van der Waals surface area contributed by atoms with E-state index in [1.54, 1.807) is 0 Å². The number of thioether (sulfide) groups is 1. The van der Waals surface area contributed by atoms with Crippen molar-refractivity contribution in [1.29, 1.82) is 0 Å². The molecule has 1 aromatic rings. The van der Waals surface area contributed by atoms with Gasteiger partial charge < -0.3 is 5.11 Å². The number of carbonyl (C=O) groups is 1. The number of nitrogens with zero attached hydrogens (tertiary/aromatic N) is 1. The Morgan fingerprint density at radius 3 is 2.71 bits per heavy atom. The Bertz CT molecular complexity index is 482. The van der Waals surface area contributed by atoms with Crippen LogP contribution in [0.2, 0.25) is 5.02 Å². The summed E-state index contributed by atoms with van der Waals surface area (Å²) in [7, 11) is 0. The fraction of sp³-hybridized carbons (Fsp3) is 0.222. The predicted molar refractivity (Wildman–Crippen MR) is 61.0 cm³/mol. The van der Waals surface area contributed by atoms with Gasteiger partial charge in [-0.1, -0.05) is 11.6 Å². The van der Waals surface area contributed by atoms with Crippen molar-refractivity contribution >= 4 is 35.0 Å². The number of halogens is 2. The van der Waals surface area contributed by atoms with E-state index in [2.05, 4.69) is 0 Å². The summed E-state index contributed by atoms with van der Waals surface area (Å²) in [6.45, 7) is 1.37. The second-order valence-electron chi connectivity index (χ2n) is 3.09. The van der Waals surface area contributed by atoms with E-state index < -0.39 is 27.6 Å². The number of nitro groups is 1. The quantitative estimate of drug-likeness (QED) is 0.521. The van der Waals surface area contributed by atoms with E-state index in [1.807, 2.05) is 0 Å². The van der Waals surface area contributed by atoms with Gasteiger partial charge in [0.1, 0.15) is 11.1 Å². The van der Waals surface area contributed by atoms with Crippen molar-refractivity contribution in [3.63, 3.8) is 0 Å². The summed E-state index contributed by atoms with van der Waals surface area (Å²) in [5.74, 6) is -2.03. The molecule has 0 aliphatic heterocycles. The highest BCUT2D eigenvalue weighted by molar-refractivity contribution is 8.00. The third-order valence-electron chi connectivity index (χ3n) is 1.85. The van der Waals surface area contributed by atoms with Gasteiger partial charge in [0, 0.05) is 0 Å². The first-order valence-electron chi connectivity index (χ1n) is 4.36. The highest BCUT2D eigenvalue weighted by atomic mass is 35.5. The van der Waals surface area contributed by atoms with Crippen LogP contribution in [0.3, 0.4) is 0 Å². The van der Waals surface area contributed by atoms with Gasteiger partial charge in [0.15, 0.2) is 0 Å². The molecule has 92 valence electrons. The molecule has 0 spiro atoms. The summed E-state index contributed by atoms with van der Waals surface area (Å²) >= 11 is 6.23. The van der Waals surface area contributed by atoms with Crippen LogP contribution in [0.25, 0.3) is 0 Å². The van der Waals surface area contributed by atoms with E-state index in [0.29, 0.717) is 6.07 Å². The van der Waals surface area contributed by atoms with Crippen molar-refractivity contribution in [2.75, 3.05) is 0 Å². The summed E-state index contributed by atoms with van der Waals surface area (Å²) < 4.78 is 13.1. The SMILES string of the molecule is CC(Sc1cc(Cl)c(F)cc1[N+](=O)[O-])C(=O)O. The number of rotatable bonds is 4. The molecule has 0 saturated carbocycles. The van der Waals surface area contributed by atoms with Crippen LogP contribution in [0.5, 0.6) is 0 Å². The molecule has 1 aromatic carbocycles. The average Bonchev–Trinajstić information content (AvgIpc) is 2.22. The first-order valence-corrected chi connectivity index (χ1v) is 5.61. The van der Waals surface area contributed by atoms with Crippen LogP contribution in [0.4, 0.5) is 10.1 Å². The van der Waals surface area contributed by atoms with Crippen molar-refractivity contribution in [3.05, 3.63) is 33.1 Å².